The van der Waals surface area contributed by atoms with Gasteiger partial charge in [0, 0.05) is 31.4 Å². The molecule has 5 nitrogen and oxygen atoms in total. The number of hydrogen-bond acceptors (Lipinski definition) is 4. The van der Waals surface area contributed by atoms with Crippen molar-refractivity contribution in [2.75, 3.05) is 37.4 Å². The van der Waals surface area contributed by atoms with Gasteiger partial charge in [0.2, 0.25) is 5.91 Å². The van der Waals surface area contributed by atoms with E-state index in [-0.39, 0.29) is 12.5 Å². The smallest absolute Gasteiger partial charge is 0.238 e. The Hall–Kier alpha value is -2.55. The Balaban J connectivity index is 2.00. The zero-order valence-corrected chi connectivity index (χ0v) is 16.0. The van der Waals surface area contributed by atoms with E-state index in [9.17, 15) is 4.79 Å². The van der Waals surface area contributed by atoms with Crippen molar-refractivity contribution < 1.29 is 4.79 Å². The molecule has 0 aliphatic rings. The van der Waals surface area contributed by atoms with E-state index in [1.807, 2.05) is 30.8 Å². The zero-order chi connectivity index (χ0) is 19.1. The number of carbonyl (C=O) groups is 1. The number of amides is 1. The Morgan fingerprint density at radius 1 is 1.19 bits per heavy atom. The van der Waals surface area contributed by atoms with E-state index in [4.69, 9.17) is 16.9 Å². The number of benzene rings is 2. The van der Waals surface area contributed by atoms with Gasteiger partial charge in [0.05, 0.1) is 17.8 Å². The lowest BCUT2D eigenvalue weighted by Crippen LogP contribution is -2.32. The first-order valence-corrected chi connectivity index (χ1v) is 8.79. The standard InChI is InChI=1S/C20H23ClN4O/c1-4-25(13-15-5-9-18(10-6-15)24(2)3)14-20(26)23-19-11-17(21)8-7-16(19)12-22/h5-11H,4,13-14H2,1-3H3,(H,23,26). The summed E-state index contributed by atoms with van der Waals surface area (Å²) in [6, 6.07) is 15.1. The third-order valence-corrected chi connectivity index (χ3v) is 4.28. The number of hydrogen-bond donors (Lipinski definition) is 1. The van der Waals surface area contributed by atoms with Gasteiger partial charge in [-0.15, -0.1) is 0 Å². The molecular formula is C20H23ClN4O. The van der Waals surface area contributed by atoms with Gasteiger partial charge in [-0.2, -0.15) is 5.26 Å². The maximum absolute atomic E-state index is 12.4. The largest absolute Gasteiger partial charge is 0.378 e. The highest BCUT2D eigenvalue weighted by Crippen LogP contribution is 2.20. The average Bonchev–Trinajstić information content (AvgIpc) is 2.61. The molecule has 0 atom stereocenters. The highest BCUT2D eigenvalue weighted by atomic mass is 35.5. The Kier molecular flexibility index (Phi) is 7.02. The predicted molar refractivity (Wildman–Crippen MR) is 107 cm³/mol. The summed E-state index contributed by atoms with van der Waals surface area (Å²) in [7, 11) is 4.01. The summed E-state index contributed by atoms with van der Waals surface area (Å²) < 4.78 is 0. The van der Waals surface area contributed by atoms with Crippen LogP contribution in [0.5, 0.6) is 0 Å². The minimum atomic E-state index is -0.171. The van der Waals surface area contributed by atoms with E-state index in [1.54, 1.807) is 18.2 Å². The molecule has 1 amide bonds. The maximum Gasteiger partial charge on any atom is 0.238 e. The van der Waals surface area contributed by atoms with Gasteiger partial charge in [0.1, 0.15) is 6.07 Å². The van der Waals surface area contributed by atoms with Crippen molar-refractivity contribution in [3.63, 3.8) is 0 Å². The molecule has 0 aliphatic heterocycles. The summed E-state index contributed by atoms with van der Waals surface area (Å²) in [5.74, 6) is -0.171. The number of anilines is 2. The molecule has 0 aliphatic carbocycles. The van der Waals surface area contributed by atoms with Crippen LogP contribution in [0.15, 0.2) is 42.5 Å². The van der Waals surface area contributed by atoms with E-state index in [2.05, 4.69) is 35.7 Å². The third-order valence-electron chi connectivity index (χ3n) is 4.05. The number of nitrogens with zero attached hydrogens (tertiary/aromatic N) is 3. The van der Waals surface area contributed by atoms with Crippen LogP contribution in [0.25, 0.3) is 0 Å². The summed E-state index contributed by atoms with van der Waals surface area (Å²) in [5.41, 5.74) is 3.12. The SMILES string of the molecule is CCN(CC(=O)Nc1cc(Cl)ccc1C#N)Cc1ccc(N(C)C)cc1. The quantitative estimate of drug-likeness (QED) is 0.806. The van der Waals surface area contributed by atoms with Gasteiger partial charge in [-0.3, -0.25) is 9.69 Å². The average molecular weight is 371 g/mol. The molecule has 0 bridgehead atoms. The summed E-state index contributed by atoms with van der Waals surface area (Å²) in [5, 5.41) is 12.4. The normalized spacial score (nSPS) is 10.5. The second-order valence-electron chi connectivity index (χ2n) is 6.21. The fraction of sp³-hybridized carbons (Fsp3) is 0.300. The van der Waals surface area contributed by atoms with Crippen molar-refractivity contribution in [3.05, 3.63) is 58.6 Å². The predicted octanol–water partition coefficient (Wildman–Crippen LogP) is 3.74. The van der Waals surface area contributed by atoms with Crippen LogP contribution in [0.3, 0.4) is 0 Å². The van der Waals surface area contributed by atoms with E-state index >= 15 is 0 Å². The summed E-state index contributed by atoms with van der Waals surface area (Å²) >= 11 is 5.96. The Labute approximate surface area is 159 Å². The number of halogens is 1. The van der Waals surface area contributed by atoms with Crippen molar-refractivity contribution in [2.45, 2.75) is 13.5 Å². The van der Waals surface area contributed by atoms with Gasteiger partial charge < -0.3 is 10.2 Å². The van der Waals surface area contributed by atoms with Crippen LogP contribution < -0.4 is 10.2 Å². The molecule has 0 saturated heterocycles. The second-order valence-corrected chi connectivity index (χ2v) is 6.65. The number of nitrogens with one attached hydrogen (secondary N) is 1. The molecule has 2 rings (SSSR count). The van der Waals surface area contributed by atoms with Crippen LogP contribution in [-0.2, 0) is 11.3 Å². The number of carbonyl (C=O) groups excluding carboxylic acids is 1. The first kappa shape index (κ1) is 19.8. The lowest BCUT2D eigenvalue weighted by Gasteiger charge is -2.21. The van der Waals surface area contributed by atoms with Crippen molar-refractivity contribution >= 4 is 28.9 Å². The van der Waals surface area contributed by atoms with Gasteiger partial charge in [-0.1, -0.05) is 30.7 Å². The van der Waals surface area contributed by atoms with E-state index < -0.39 is 0 Å². The molecule has 1 N–H and O–H groups in total. The number of likely N-dealkylation sites (N-methyl/N-ethyl adjacent to an activating group) is 1. The van der Waals surface area contributed by atoms with Gasteiger partial charge >= 0.3 is 0 Å². The highest BCUT2D eigenvalue weighted by molar-refractivity contribution is 6.31. The molecule has 0 unspecified atom stereocenters. The first-order chi connectivity index (χ1) is 12.4. The van der Waals surface area contributed by atoms with Gasteiger partial charge in [0.25, 0.3) is 0 Å². The fourth-order valence-corrected chi connectivity index (χ4v) is 2.72. The number of rotatable bonds is 7. The molecule has 136 valence electrons. The van der Waals surface area contributed by atoms with Gasteiger partial charge in [0.15, 0.2) is 0 Å². The molecule has 2 aromatic carbocycles. The highest BCUT2D eigenvalue weighted by Gasteiger charge is 2.12. The van der Waals surface area contributed by atoms with Crippen LogP contribution in [0, 0.1) is 11.3 Å². The molecule has 0 spiro atoms. The minimum Gasteiger partial charge on any atom is -0.378 e. The number of nitriles is 1. The van der Waals surface area contributed by atoms with Crippen LogP contribution in [0.4, 0.5) is 11.4 Å². The van der Waals surface area contributed by atoms with Crippen LogP contribution in [-0.4, -0.2) is 38.0 Å². The van der Waals surface area contributed by atoms with E-state index in [0.717, 1.165) is 17.8 Å². The Morgan fingerprint density at radius 3 is 2.46 bits per heavy atom. The summed E-state index contributed by atoms with van der Waals surface area (Å²) in [4.78, 5) is 16.5. The molecule has 2 aromatic rings. The second kappa shape index (κ2) is 9.23. The molecule has 0 fully saturated rings. The third kappa shape index (κ3) is 5.48. The Bertz CT molecular complexity index is 796. The molecule has 26 heavy (non-hydrogen) atoms. The van der Waals surface area contributed by atoms with E-state index in [0.29, 0.717) is 22.8 Å². The molecular weight excluding hydrogens is 348 g/mol. The molecule has 0 aromatic heterocycles. The van der Waals surface area contributed by atoms with Crippen molar-refractivity contribution in [2.24, 2.45) is 0 Å². The van der Waals surface area contributed by atoms with Gasteiger partial charge in [-0.25, -0.2) is 0 Å². The van der Waals surface area contributed by atoms with Crippen LogP contribution >= 0.6 is 11.6 Å². The molecule has 0 saturated carbocycles. The maximum atomic E-state index is 12.4. The molecule has 0 radical (unpaired) electrons. The first-order valence-electron chi connectivity index (χ1n) is 8.41. The van der Waals surface area contributed by atoms with Crippen LogP contribution in [0.2, 0.25) is 5.02 Å². The summed E-state index contributed by atoms with van der Waals surface area (Å²) in [6.45, 7) is 3.67. The molecule has 6 heteroatoms. The lowest BCUT2D eigenvalue weighted by molar-refractivity contribution is -0.117. The van der Waals surface area contributed by atoms with Crippen molar-refractivity contribution in [3.8, 4) is 6.07 Å². The van der Waals surface area contributed by atoms with Crippen LogP contribution in [0.1, 0.15) is 18.1 Å². The summed E-state index contributed by atoms with van der Waals surface area (Å²) in [6.07, 6.45) is 0. The fourth-order valence-electron chi connectivity index (χ4n) is 2.55. The molecule has 0 heterocycles. The topological polar surface area (TPSA) is 59.4 Å². The van der Waals surface area contributed by atoms with Gasteiger partial charge in [-0.05, 0) is 42.4 Å². The monoisotopic (exact) mass is 370 g/mol. The van der Waals surface area contributed by atoms with Crippen molar-refractivity contribution in [1.82, 2.24) is 4.90 Å². The van der Waals surface area contributed by atoms with Crippen molar-refractivity contribution in [1.29, 1.82) is 5.26 Å². The zero-order valence-electron chi connectivity index (χ0n) is 15.3. The minimum absolute atomic E-state index is 0.171. The van der Waals surface area contributed by atoms with E-state index in [1.165, 1.54) is 0 Å². The lowest BCUT2D eigenvalue weighted by atomic mass is 10.2. The Morgan fingerprint density at radius 2 is 1.88 bits per heavy atom.